The first kappa shape index (κ1) is 47.4. The number of hydrogen-bond acceptors (Lipinski definition) is 24. The minimum Gasteiger partial charge on any atom is -0.389 e. The van der Waals surface area contributed by atoms with Crippen LogP contribution in [0, 0.1) is 5.41 Å². The summed E-state index contributed by atoms with van der Waals surface area (Å²) < 4.78 is 31.5. The topological polar surface area (TPSA) is 370 Å². The van der Waals surface area contributed by atoms with Crippen LogP contribution in [-0.2, 0) is 71.6 Å². The molecule has 8 rings (SSSR count). The number of aliphatic hydroxyl groups is 8. The molecule has 4 fully saturated rings. The highest BCUT2D eigenvalue weighted by Gasteiger charge is 2.37. The summed E-state index contributed by atoms with van der Waals surface area (Å²) in [6.07, 6.45) is -0.124. The van der Waals surface area contributed by atoms with E-state index in [0.29, 0.717) is 35.7 Å². The molecular formula is C37H60N16O12. The van der Waals surface area contributed by atoms with E-state index in [1.165, 1.54) is 0 Å². The molecule has 0 saturated carbocycles. The van der Waals surface area contributed by atoms with Crippen LogP contribution in [0.3, 0.4) is 0 Å². The molecule has 0 radical (unpaired) electrons. The lowest BCUT2D eigenvalue weighted by atomic mass is 9.92. The van der Waals surface area contributed by atoms with Crippen LogP contribution in [0.25, 0.3) is 0 Å². The summed E-state index contributed by atoms with van der Waals surface area (Å²) in [5.41, 5.74) is 1.10. The first-order valence-electron chi connectivity index (χ1n) is 21.7. The van der Waals surface area contributed by atoms with E-state index in [1.807, 2.05) is 0 Å². The second-order valence-corrected chi connectivity index (χ2v) is 17.5. The van der Waals surface area contributed by atoms with Crippen LogP contribution in [0.4, 0.5) is 0 Å². The van der Waals surface area contributed by atoms with Gasteiger partial charge in [-0.25, -0.2) is 0 Å². The first-order valence-corrected chi connectivity index (χ1v) is 21.7. The van der Waals surface area contributed by atoms with Crippen molar-refractivity contribution in [2.45, 2.75) is 132 Å². The quantitative estimate of drug-likeness (QED) is 0.0311. The van der Waals surface area contributed by atoms with Gasteiger partial charge in [0.05, 0.1) is 170 Å². The third-order valence-corrected chi connectivity index (χ3v) is 12.0. The maximum Gasteiger partial charge on any atom is 0.131 e. The molecule has 65 heavy (non-hydrogen) atoms. The van der Waals surface area contributed by atoms with Gasteiger partial charge in [-0.1, -0.05) is 20.9 Å². The molecule has 0 spiro atoms. The van der Waals surface area contributed by atoms with Crippen molar-refractivity contribution in [1.29, 1.82) is 0 Å². The van der Waals surface area contributed by atoms with Crippen molar-refractivity contribution in [2.24, 2.45) is 5.41 Å². The van der Waals surface area contributed by atoms with E-state index in [1.54, 1.807) is 43.5 Å². The van der Waals surface area contributed by atoms with Crippen molar-refractivity contribution in [2.75, 3.05) is 46.1 Å². The predicted octanol–water partition coefficient (Wildman–Crippen LogP) is -7.67. The highest BCUT2D eigenvalue weighted by molar-refractivity contribution is 4.98. The van der Waals surface area contributed by atoms with Crippen LogP contribution < -0.4 is 21.3 Å². The van der Waals surface area contributed by atoms with E-state index < -0.39 is 72.5 Å². The van der Waals surface area contributed by atoms with Crippen LogP contribution in [0.1, 0.15) is 29.2 Å². The molecule has 0 bridgehead atoms. The molecular weight excluding hydrogens is 861 g/mol. The number of ether oxygens (including phenoxy) is 4. The van der Waals surface area contributed by atoms with Crippen LogP contribution in [0.5, 0.6) is 0 Å². The van der Waals surface area contributed by atoms with E-state index in [2.05, 4.69) is 62.5 Å². The molecule has 4 aromatic rings. The fraction of sp³-hybridized carbons (Fsp3) is 0.784. The SMILES string of the molecule is O[C@@H]1[C@H](Cn2cc(COCC(COCc3cn(C[C@@H]4C[C@@H](O)[C@@H](O)N4)nn3)(COCc3cn(C[C@@H]4NC[C@H](O)[C@@H]4O)nn3)COCc3cn(C[C@@H]4NC[C@H](O)[C@@H]4O)nn3)nn2)NC[C@@H]1O. The number of β-amino-alcohol motifs (C(OH)–C–C–N with tert-alkyl or cyclic N) is 3. The highest BCUT2D eigenvalue weighted by atomic mass is 16.5. The Labute approximate surface area is 371 Å². The van der Waals surface area contributed by atoms with Crippen molar-refractivity contribution < 1.29 is 59.8 Å². The summed E-state index contributed by atoms with van der Waals surface area (Å²) in [4.78, 5) is 0. The van der Waals surface area contributed by atoms with Crippen molar-refractivity contribution >= 4 is 0 Å². The van der Waals surface area contributed by atoms with Gasteiger partial charge in [0.15, 0.2) is 0 Å². The monoisotopic (exact) mass is 920 g/mol. The van der Waals surface area contributed by atoms with Crippen LogP contribution in [0.2, 0.25) is 0 Å². The molecule has 4 aliphatic heterocycles. The number of hydrogen-bond donors (Lipinski definition) is 12. The molecule has 28 heteroatoms. The minimum absolute atomic E-state index is 0.0418. The van der Waals surface area contributed by atoms with Gasteiger partial charge in [0.1, 0.15) is 29.0 Å². The van der Waals surface area contributed by atoms with Gasteiger partial charge in [0, 0.05) is 25.7 Å². The molecule has 0 unspecified atom stereocenters. The normalized spacial score (nSPS) is 30.6. The molecule has 4 aromatic heterocycles. The second-order valence-electron chi connectivity index (χ2n) is 17.5. The standard InChI is InChI=1S/C37H60N16O12/c54-29-1-21(41-36(29)61)5-50-6-22(42-46-50)13-62-17-37(18-63-14-23-7-51(47-43-23)10-26-33(58)30(55)2-38-26,19-64-15-24-8-52(48-44-24)11-27-34(59)31(56)3-39-27)20-65-16-25-9-53(49-45-25)12-28-35(60)32(57)4-40-28/h6-9,21,26-36,38-41,54-61H,1-5,10-20H2/t21-,26-,27-,28-,29+,30-,31-,32-,33+,34+,35+,36+/m0/s1. The molecule has 4 saturated heterocycles. The summed E-state index contributed by atoms with van der Waals surface area (Å²) >= 11 is 0. The van der Waals surface area contributed by atoms with Crippen LogP contribution in [0.15, 0.2) is 24.8 Å². The zero-order chi connectivity index (χ0) is 45.5. The first-order chi connectivity index (χ1) is 31.4. The van der Waals surface area contributed by atoms with Gasteiger partial charge in [0.2, 0.25) is 0 Å². The Hall–Kier alpha value is -4.08. The van der Waals surface area contributed by atoms with Gasteiger partial charge in [-0.3, -0.25) is 24.0 Å². The molecule has 12 N–H and O–H groups in total. The van der Waals surface area contributed by atoms with Gasteiger partial charge in [-0.2, -0.15) is 0 Å². The maximum absolute atomic E-state index is 10.3. The Balaban J connectivity index is 0.941. The third kappa shape index (κ3) is 12.5. The summed E-state index contributed by atoms with van der Waals surface area (Å²) in [5.74, 6) is 0. The lowest BCUT2D eigenvalue weighted by Gasteiger charge is -2.32. The molecule has 8 heterocycles. The zero-order valence-corrected chi connectivity index (χ0v) is 35.6. The lowest BCUT2D eigenvalue weighted by Crippen LogP contribution is -2.41. The Bertz CT molecular complexity index is 1890. The van der Waals surface area contributed by atoms with Gasteiger partial charge < -0.3 is 75.8 Å². The third-order valence-electron chi connectivity index (χ3n) is 12.0. The summed E-state index contributed by atoms with van der Waals surface area (Å²) in [6.45, 7) is 2.41. The Morgan fingerprint density at radius 1 is 0.477 bits per heavy atom. The molecule has 4 aliphatic rings. The summed E-state index contributed by atoms with van der Waals surface area (Å²) in [5, 5.41) is 126. The average molecular weight is 921 g/mol. The van der Waals surface area contributed by atoms with E-state index in [4.69, 9.17) is 18.9 Å². The molecule has 360 valence electrons. The maximum atomic E-state index is 10.3. The van der Waals surface area contributed by atoms with Gasteiger partial charge in [0.25, 0.3) is 0 Å². The van der Waals surface area contributed by atoms with Crippen LogP contribution >= 0.6 is 0 Å². The summed E-state index contributed by atoms with van der Waals surface area (Å²) in [6, 6.07) is -1.40. The second kappa shape index (κ2) is 21.7. The zero-order valence-electron chi connectivity index (χ0n) is 35.6. The highest BCUT2D eigenvalue weighted by Crippen LogP contribution is 2.24. The van der Waals surface area contributed by atoms with Crippen molar-refractivity contribution in [3.05, 3.63) is 47.6 Å². The van der Waals surface area contributed by atoms with E-state index in [0.717, 1.165) is 0 Å². The van der Waals surface area contributed by atoms with E-state index in [9.17, 15) is 40.9 Å². The average Bonchev–Trinajstić information content (AvgIpc) is 4.18. The smallest absolute Gasteiger partial charge is 0.131 e. The number of rotatable bonds is 24. The number of nitrogens with zero attached hydrogens (tertiary/aromatic N) is 12. The van der Waals surface area contributed by atoms with Crippen LogP contribution in [-0.4, -0.2) is 220 Å². The number of aromatic nitrogens is 12. The van der Waals surface area contributed by atoms with Crippen molar-refractivity contribution in [3.63, 3.8) is 0 Å². The number of nitrogens with one attached hydrogen (secondary N) is 4. The Morgan fingerprint density at radius 2 is 0.800 bits per heavy atom. The van der Waals surface area contributed by atoms with E-state index >= 15 is 0 Å². The molecule has 28 nitrogen and oxygen atoms in total. The van der Waals surface area contributed by atoms with E-state index in [-0.39, 0.29) is 98.2 Å². The van der Waals surface area contributed by atoms with Gasteiger partial charge in [-0.15, -0.1) is 20.4 Å². The predicted molar refractivity (Wildman–Crippen MR) is 216 cm³/mol. The molecule has 0 amide bonds. The molecule has 0 aliphatic carbocycles. The molecule has 0 aromatic carbocycles. The fourth-order valence-corrected chi connectivity index (χ4v) is 8.38. The Kier molecular flexibility index (Phi) is 15.8. The van der Waals surface area contributed by atoms with Crippen molar-refractivity contribution in [1.82, 2.24) is 81.2 Å². The van der Waals surface area contributed by atoms with Crippen molar-refractivity contribution in [3.8, 4) is 0 Å². The van der Waals surface area contributed by atoms with Gasteiger partial charge >= 0.3 is 0 Å². The number of aliphatic hydroxyl groups excluding tert-OH is 8. The van der Waals surface area contributed by atoms with Gasteiger partial charge in [-0.05, 0) is 6.42 Å². The lowest BCUT2D eigenvalue weighted by molar-refractivity contribution is -0.118. The largest absolute Gasteiger partial charge is 0.389 e. The summed E-state index contributed by atoms with van der Waals surface area (Å²) in [7, 11) is 0. The molecule has 12 atom stereocenters. The Morgan fingerprint density at radius 3 is 1.08 bits per heavy atom. The fourth-order valence-electron chi connectivity index (χ4n) is 8.38. The minimum atomic E-state index is -1.01.